The molecule has 1 aliphatic rings. The van der Waals surface area contributed by atoms with Gasteiger partial charge in [0.25, 0.3) is 0 Å². The van der Waals surface area contributed by atoms with Gasteiger partial charge in [-0.25, -0.2) is 4.98 Å². The summed E-state index contributed by atoms with van der Waals surface area (Å²) in [4.78, 5) is 4.20. The van der Waals surface area contributed by atoms with Gasteiger partial charge in [0.1, 0.15) is 12.4 Å². The molecule has 0 spiro atoms. The van der Waals surface area contributed by atoms with Crippen LogP contribution in [0.3, 0.4) is 0 Å². The van der Waals surface area contributed by atoms with Gasteiger partial charge in [-0.05, 0) is 46.5 Å². The van der Waals surface area contributed by atoms with Crippen molar-refractivity contribution in [3.8, 4) is 5.75 Å². The maximum Gasteiger partial charge on any atom is 0.134 e. The molecule has 0 radical (unpaired) electrons. The number of hydrogen-bond donors (Lipinski definition) is 1. The number of ether oxygens (including phenoxy) is 1. The summed E-state index contributed by atoms with van der Waals surface area (Å²) in [6, 6.07) is 6.56. The molecule has 1 aromatic heterocycles. The van der Waals surface area contributed by atoms with Gasteiger partial charge in [-0.1, -0.05) is 6.07 Å². The third-order valence-corrected chi connectivity index (χ3v) is 3.91. The van der Waals surface area contributed by atoms with Gasteiger partial charge in [-0.3, -0.25) is 0 Å². The minimum atomic E-state index is 0.535. The summed E-state index contributed by atoms with van der Waals surface area (Å²) in [7, 11) is 0. The van der Waals surface area contributed by atoms with Crippen LogP contribution in [0, 0.1) is 0 Å². The fourth-order valence-electron chi connectivity index (χ4n) is 2.07. The topological polar surface area (TPSA) is 53.1 Å². The van der Waals surface area contributed by atoms with Crippen LogP contribution < -0.4 is 10.5 Å². The van der Waals surface area contributed by atoms with Gasteiger partial charge in [-0.2, -0.15) is 0 Å². The average Bonchev–Trinajstić information content (AvgIpc) is 3.16. The molecule has 100 valence electrons. The van der Waals surface area contributed by atoms with E-state index in [1.165, 1.54) is 12.8 Å². The molecule has 0 saturated heterocycles. The zero-order valence-electron chi connectivity index (χ0n) is 10.6. The Morgan fingerprint density at radius 3 is 2.95 bits per heavy atom. The number of hydrogen-bond acceptors (Lipinski definition) is 3. The lowest BCUT2D eigenvalue weighted by Gasteiger charge is -2.11. The van der Waals surface area contributed by atoms with E-state index in [2.05, 4.69) is 25.5 Å². The first kappa shape index (κ1) is 12.7. The first-order valence-electron chi connectivity index (χ1n) is 6.40. The molecule has 0 bridgehead atoms. The molecule has 1 aliphatic carbocycles. The van der Waals surface area contributed by atoms with Crippen molar-refractivity contribution in [2.45, 2.75) is 32.0 Å². The summed E-state index contributed by atoms with van der Waals surface area (Å²) in [6.45, 7) is 1.07. The largest absolute Gasteiger partial charge is 0.486 e. The minimum absolute atomic E-state index is 0.535. The molecular formula is C14H16BrN3O. The Bertz CT molecular complexity index is 578. The van der Waals surface area contributed by atoms with E-state index in [4.69, 9.17) is 10.5 Å². The maximum absolute atomic E-state index is 5.85. The lowest BCUT2D eigenvalue weighted by atomic mass is 10.2. The Morgan fingerprint density at radius 2 is 2.26 bits per heavy atom. The van der Waals surface area contributed by atoms with Crippen molar-refractivity contribution < 1.29 is 4.74 Å². The van der Waals surface area contributed by atoms with Crippen molar-refractivity contribution in [3.05, 3.63) is 46.5 Å². The number of nitrogens with two attached hydrogens (primary N) is 1. The van der Waals surface area contributed by atoms with Gasteiger partial charge in [0.2, 0.25) is 0 Å². The molecule has 1 fully saturated rings. The highest BCUT2D eigenvalue weighted by molar-refractivity contribution is 9.10. The first-order valence-corrected chi connectivity index (χ1v) is 7.19. The number of benzene rings is 1. The Kier molecular flexibility index (Phi) is 3.57. The Morgan fingerprint density at radius 1 is 1.42 bits per heavy atom. The van der Waals surface area contributed by atoms with E-state index in [9.17, 15) is 0 Å². The van der Waals surface area contributed by atoms with Crippen LogP contribution >= 0.6 is 15.9 Å². The average molecular weight is 322 g/mol. The second-order valence-electron chi connectivity index (χ2n) is 4.78. The van der Waals surface area contributed by atoms with E-state index >= 15 is 0 Å². The van der Waals surface area contributed by atoms with Crippen molar-refractivity contribution in [2.75, 3.05) is 0 Å². The highest BCUT2D eigenvalue weighted by Crippen LogP contribution is 2.36. The summed E-state index contributed by atoms with van der Waals surface area (Å²) >= 11 is 3.51. The third-order valence-electron chi connectivity index (χ3n) is 3.29. The van der Waals surface area contributed by atoms with Crippen LogP contribution in [-0.2, 0) is 13.2 Å². The molecule has 1 aromatic carbocycles. The van der Waals surface area contributed by atoms with E-state index < -0.39 is 0 Å². The number of aromatic nitrogens is 2. The smallest absolute Gasteiger partial charge is 0.134 e. The molecule has 1 saturated carbocycles. The Labute approximate surface area is 120 Å². The molecule has 0 atom stereocenters. The molecule has 0 unspecified atom stereocenters. The van der Waals surface area contributed by atoms with Gasteiger partial charge in [-0.15, -0.1) is 0 Å². The van der Waals surface area contributed by atoms with Gasteiger partial charge in [0.15, 0.2) is 0 Å². The molecule has 2 N–H and O–H groups in total. The summed E-state index contributed by atoms with van der Waals surface area (Å²) in [5.74, 6) is 0.834. The summed E-state index contributed by atoms with van der Waals surface area (Å²) in [5.41, 5.74) is 7.81. The molecular weight excluding hydrogens is 306 g/mol. The highest BCUT2D eigenvalue weighted by Gasteiger charge is 2.25. The zero-order chi connectivity index (χ0) is 13.2. The van der Waals surface area contributed by atoms with Crippen LogP contribution in [0.5, 0.6) is 5.75 Å². The highest BCUT2D eigenvalue weighted by atomic mass is 79.9. The summed E-state index contributed by atoms with van der Waals surface area (Å²) < 4.78 is 9.00. The quantitative estimate of drug-likeness (QED) is 0.921. The van der Waals surface area contributed by atoms with E-state index in [1.54, 1.807) is 0 Å². The van der Waals surface area contributed by atoms with Crippen LogP contribution in [0.1, 0.15) is 30.1 Å². The van der Waals surface area contributed by atoms with E-state index in [0.717, 1.165) is 21.5 Å². The molecule has 4 nitrogen and oxygen atoms in total. The monoisotopic (exact) mass is 321 g/mol. The molecule has 0 aliphatic heterocycles. The molecule has 5 heteroatoms. The van der Waals surface area contributed by atoms with Gasteiger partial charge in [0.05, 0.1) is 22.7 Å². The van der Waals surface area contributed by atoms with E-state index in [1.807, 2.05) is 30.7 Å². The molecule has 19 heavy (non-hydrogen) atoms. The van der Waals surface area contributed by atoms with Crippen molar-refractivity contribution in [1.29, 1.82) is 0 Å². The predicted molar refractivity (Wildman–Crippen MR) is 76.9 cm³/mol. The van der Waals surface area contributed by atoms with Crippen LogP contribution in [0.2, 0.25) is 0 Å². The number of nitrogens with zero attached hydrogens (tertiary/aromatic N) is 2. The standard InChI is InChI=1S/C14H16BrN3O/c15-13-5-10(6-16)1-4-14(13)19-8-12-7-17-9-18(12)11-2-3-11/h1,4-5,7,9,11H,2-3,6,8,16H2. The van der Waals surface area contributed by atoms with Crippen molar-refractivity contribution in [1.82, 2.24) is 9.55 Å². The van der Waals surface area contributed by atoms with E-state index in [0.29, 0.717) is 19.2 Å². The fraction of sp³-hybridized carbons (Fsp3) is 0.357. The van der Waals surface area contributed by atoms with Gasteiger partial charge < -0.3 is 15.0 Å². The first-order chi connectivity index (χ1) is 9.28. The van der Waals surface area contributed by atoms with Gasteiger partial charge >= 0.3 is 0 Å². The molecule has 3 rings (SSSR count). The van der Waals surface area contributed by atoms with Crippen LogP contribution in [0.4, 0.5) is 0 Å². The second-order valence-corrected chi connectivity index (χ2v) is 5.64. The number of rotatable bonds is 5. The predicted octanol–water partition coefficient (Wildman–Crippen LogP) is 3.02. The molecule has 1 heterocycles. The number of imidazole rings is 1. The molecule has 2 aromatic rings. The lowest BCUT2D eigenvalue weighted by molar-refractivity contribution is 0.293. The van der Waals surface area contributed by atoms with Crippen LogP contribution in [0.15, 0.2) is 35.2 Å². The molecule has 0 amide bonds. The summed E-state index contributed by atoms with van der Waals surface area (Å²) in [5, 5.41) is 0. The van der Waals surface area contributed by atoms with Crippen molar-refractivity contribution in [3.63, 3.8) is 0 Å². The van der Waals surface area contributed by atoms with E-state index in [-0.39, 0.29) is 0 Å². The lowest BCUT2D eigenvalue weighted by Crippen LogP contribution is -2.04. The normalized spacial score (nSPS) is 14.6. The summed E-state index contributed by atoms with van der Waals surface area (Å²) in [6.07, 6.45) is 6.26. The Balaban J connectivity index is 1.70. The SMILES string of the molecule is NCc1ccc(OCc2cncn2C2CC2)c(Br)c1. The maximum atomic E-state index is 5.85. The van der Waals surface area contributed by atoms with Crippen molar-refractivity contribution >= 4 is 15.9 Å². The Hall–Kier alpha value is -1.33. The third kappa shape index (κ3) is 2.82. The van der Waals surface area contributed by atoms with Gasteiger partial charge in [0, 0.05) is 12.6 Å². The minimum Gasteiger partial charge on any atom is -0.486 e. The van der Waals surface area contributed by atoms with Crippen molar-refractivity contribution in [2.24, 2.45) is 5.73 Å². The van der Waals surface area contributed by atoms with Crippen LogP contribution in [0.25, 0.3) is 0 Å². The van der Waals surface area contributed by atoms with Crippen LogP contribution in [-0.4, -0.2) is 9.55 Å². The second kappa shape index (κ2) is 5.35. The fourth-order valence-corrected chi connectivity index (χ4v) is 2.61. The zero-order valence-corrected chi connectivity index (χ0v) is 12.1. The number of halogens is 1.